The maximum absolute atomic E-state index is 13.1. The quantitative estimate of drug-likeness (QED) is 0.481. The molecular weight excluding hydrogens is 275 g/mol. The average Bonchev–Trinajstić information content (AvgIpc) is 2.47. The van der Waals surface area contributed by atoms with E-state index in [2.05, 4.69) is 0 Å². The largest absolute Gasteiger partial charge is 0.549 e. The lowest BCUT2D eigenvalue weighted by Crippen LogP contribution is -2.53. The highest BCUT2D eigenvalue weighted by Crippen LogP contribution is 2.47. The maximum Gasteiger partial charge on any atom is 0.318 e. The fourth-order valence-electron chi connectivity index (χ4n) is 2.87. The van der Waals surface area contributed by atoms with Gasteiger partial charge in [-0.3, -0.25) is 4.79 Å². The summed E-state index contributed by atoms with van der Waals surface area (Å²) in [5, 5.41) is 11.7. The van der Waals surface area contributed by atoms with E-state index in [1.807, 2.05) is 6.92 Å². The predicted octanol–water partition coefficient (Wildman–Crippen LogP) is 1.56. The van der Waals surface area contributed by atoms with Crippen molar-refractivity contribution in [3.63, 3.8) is 0 Å². The first-order chi connectivity index (χ1) is 9.91. The monoisotopic (exact) mass is 291 g/mol. The lowest BCUT2D eigenvalue weighted by molar-refractivity contribution is -0.319. The normalized spacial score (nSPS) is 25.1. The van der Waals surface area contributed by atoms with Gasteiger partial charge < -0.3 is 14.6 Å². The first-order valence-electron chi connectivity index (χ1n) is 6.62. The number of allylic oxidation sites excluding steroid dienone is 2. The summed E-state index contributed by atoms with van der Waals surface area (Å²) in [5.74, 6) is -3.35. The molecule has 2 rings (SSSR count). The van der Waals surface area contributed by atoms with Gasteiger partial charge in [0.2, 0.25) is 0 Å². The van der Waals surface area contributed by atoms with Crippen LogP contribution in [0.15, 0.2) is 35.9 Å². The van der Waals surface area contributed by atoms with Gasteiger partial charge in [0.15, 0.2) is 0 Å². The van der Waals surface area contributed by atoms with Crippen LogP contribution in [0.4, 0.5) is 4.39 Å². The maximum atomic E-state index is 13.1. The third-order valence-electron chi connectivity index (χ3n) is 4.08. The summed E-state index contributed by atoms with van der Waals surface area (Å²) in [7, 11) is 1.15. The van der Waals surface area contributed by atoms with E-state index in [4.69, 9.17) is 4.74 Å². The van der Waals surface area contributed by atoms with Crippen molar-refractivity contribution >= 4 is 11.9 Å². The van der Waals surface area contributed by atoms with E-state index in [9.17, 15) is 19.1 Å². The van der Waals surface area contributed by atoms with Gasteiger partial charge in [-0.15, -0.1) is 0 Å². The fourth-order valence-corrected chi connectivity index (χ4v) is 2.87. The van der Waals surface area contributed by atoms with Crippen LogP contribution in [0.2, 0.25) is 0 Å². The Balaban J connectivity index is 2.56. The molecule has 0 saturated carbocycles. The topological polar surface area (TPSA) is 66.4 Å². The summed E-state index contributed by atoms with van der Waals surface area (Å²) in [6.07, 6.45) is 2.11. The lowest BCUT2D eigenvalue weighted by atomic mass is 9.64. The number of carboxylic acid groups (broad SMARTS) is 1. The number of carbonyl (C=O) groups excluding carboxylic acids is 2. The summed E-state index contributed by atoms with van der Waals surface area (Å²) >= 11 is 0. The standard InChI is InChI=1S/C16H17FO4/c1-10-7-8-16(14(18)19,15(20)21-2)13(9-10)11-3-5-12(17)6-4-11/h3-7,13H,8-9H2,1-2H3,(H,18,19)/p-1/t13-,16-/m1/s1. The molecule has 0 heterocycles. The molecule has 1 aliphatic carbocycles. The first-order valence-corrected chi connectivity index (χ1v) is 6.62. The van der Waals surface area contributed by atoms with Crippen molar-refractivity contribution in [2.75, 3.05) is 7.11 Å². The predicted molar refractivity (Wildman–Crippen MR) is 71.6 cm³/mol. The molecule has 0 radical (unpaired) electrons. The van der Waals surface area contributed by atoms with Crippen LogP contribution in [0.3, 0.4) is 0 Å². The number of carboxylic acids is 1. The molecule has 112 valence electrons. The molecule has 0 spiro atoms. The molecule has 0 bridgehead atoms. The molecule has 5 heteroatoms. The van der Waals surface area contributed by atoms with Gasteiger partial charge >= 0.3 is 5.97 Å². The number of carbonyl (C=O) groups is 2. The van der Waals surface area contributed by atoms with Gasteiger partial charge in [-0.25, -0.2) is 4.39 Å². The molecule has 0 saturated heterocycles. The summed E-state index contributed by atoms with van der Waals surface area (Å²) in [4.78, 5) is 23.9. The third kappa shape index (κ3) is 2.55. The zero-order valence-corrected chi connectivity index (χ0v) is 11.9. The molecule has 1 aromatic carbocycles. The van der Waals surface area contributed by atoms with E-state index in [0.29, 0.717) is 12.0 Å². The van der Waals surface area contributed by atoms with Crippen molar-refractivity contribution < 1.29 is 23.8 Å². The van der Waals surface area contributed by atoms with E-state index in [-0.39, 0.29) is 6.42 Å². The van der Waals surface area contributed by atoms with Gasteiger partial charge in [-0.2, -0.15) is 0 Å². The highest BCUT2D eigenvalue weighted by atomic mass is 19.1. The average molecular weight is 291 g/mol. The Labute approximate surface area is 122 Å². The molecule has 1 aromatic rings. The summed E-state index contributed by atoms with van der Waals surface area (Å²) in [5.41, 5.74) is -0.213. The summed E-state index contributed by atoms with van der Waals surface area (Å²) in [6.45, 7) is 1.87. The van der Waals surface area contributed by atoms with Crippen molar-refractivity contribution in [1.29, 1.82) is 0 Å². The van der Waals surface area contributed by atoms with Crippen LogP contribution in [-0.2, 0) is 14.3 Å². The van der Waals surface area contributed by atoms with Gasteiger partial charge in [-0.1, -0.05) is 23.8 Å². The zero-order valence-electron chi connectivity index (χ0n) is 11.9. The number of esters is 1. The molecule has 0 amide bonds. The lowest BCUT2D eigenvalue weighted by Gasteiger charge is -2.41. The first kappa shape index (κ1) is 15.2. The second-order valence-corrected chi connectivity index (χ2v) is 5.31. The number of halogens is 1. The Kier molecular flexibility index (Phi) is 4.11. The second-order valence-electron chi connectivity index (χ2n) is 5.31. The van der Waals surface area contributed by atoms with E-state index >= 15 is 0 Å². The van der Waals surface area contributed by atoms with Crippen LogP contribution >= 0.6 is 0 Å². The van der Waals surface area contributed by atoms with Crippen molar-refractivity contribution in [1.82, 2.24) is 0 Å². The number of hydrogen-bond donors (Lipinski definition) is 0. The second kappa shape index (κ2) is 5.68. The number of ether oxygens (including phenoxy) is 1. The van der Waals surface area contributed by atoms with E-state index in [0.717, 1.165) is 12.7 Å². The van der Waals surface area contributed by atoms with Crippen LogP contribution < -0.4 is 5.11 Å². The van der Waals surface area contributed by atoms with Gasteiger partial charge in [0.25, 0.3) is 0 Å². The number of methoxy groups -OCH3 is 1. The Bertz CT molecular complexity index is 591. The van der Waals surface area contributed by atoms with Crippen LogP contribution in [0.1, 0.15) is 31.2 Å². The number of aliphatic carboxylic acids is 1. The summed E-state index contributed by atoms with van der Waals surface area (Å²) < 4.78 is 17.8. The highest BCUT2D eigenvalue weighted by Gasteiger charge is 2.49. The Morgan fingerprint density at radius 2 is 1.95 bits per heavy atom. The van der Waals surface area contributed by atoms with Crippen LogP contribution in [-0.4, -0.2) is 19.0 Å². The van der Waals surface area contributed by atoms with Crippen molar-refractivity contribution in [2.45, 2.75) is 25.7 Å². The molecule has 1 aliphatic rings. The minimum Gasteiger partial charge on any atom is -0.549 e. The van der Waals surface area contributed by atoms with Crippen LogP contribution in [0.5, 0.6) is 0 Å². The van der Waals surface area contributed by atoms with Gasteiger partial charge in [0.1, 0.15) is 11.2 Å². The molecule has 0 N–H and O–H groups in total. The van der Waals surface area contributed by atoms with Gasteiger partial charge in [0, 0.05) is 5.92 Å². The molecule has 4 nitrogen and oxygen atoms in total. The van der Waals surface area contributed by atoms with Crippen molar-refractivity contribution in [3.8, 4) is 0 Å². The van der Waals surface area contributed by atoms with E-state index in [1.54, 1.807) is 6.08 Å². The van der Waals surface area contributed by atoms with Gasteiger partial charge in [-0.05, 0) is 37.5 Å². The fraction of sp³-hybridized carbons (Fsp3) is 0.375. The molecular formula is C16H16FO4-. The molecule has 0 unspecified atom stereocenters. The summed E-state index contributed by atoms with van der Waals surface area (Å²) in [6, 6.07) is 5.50. The Morgan fingerprint density at radius 3 is 2.48 bits per heavy atom. The third-order valence-corrected chi connectivity index (χ3v) is 4.08. The minimum absolute atomic E-state index is 0.00980. The smallest absolute Gasteiger partial charge is 0.318 e. The van der Waals surface area contributed by atoms with Crippen LogP contribution in [0.25, 0.3) is 0 Å². The highest BCUT2D eigenvalue weighted by molar-refractivity contribution is 6.00. The number of hydrogen-bond acceptors (Lipinski definition) is 4. The molecule has 0 fully saturated rings. The number of rotatable bonds is 3. The Morgan fingerprint density at radius 1 is 1.33 bits per heavy atom. The molecule has 2 atom stereocenters. The van der Waals surface area contributed by atoms with Crippen molar-refractivity contribution in [3.05, 3.63) is 47.3 Å². The van der Waals surface area contributed by atoms with E-state index in [1.165, 1.54) is 24.3 Å². The van der Waals surface area contributed by atoms with Crippen LogP contribution in [0, 0.1) is 11.2 Å². The molecule has 0 aliphatic heterocycles. The SMILES string of the molecule is COC(=O)[C@]1(C(=O)[O-])CC=C(C)C[C@@H]1c1ccc(F)cc1. The van der Waals surface area contributed by atoms with E-state index < -0.39 is 29.1 Å². The minimum atomic E-state index is -1.77. The molecule has 0 aromatic heterocycles. The molecule has 21 heavy (non-hydrogen) atoms. The zero-order chi connectivity index (χ0) is 15.6. The van der Waals surface area contributed by atoms with Gasteiger partial charge in [0.05, 0.1) is 13.1 Å². The number of benzene rings is 1. The van der Waals surface area contributed by atoms with Crippen molar-refractivity contribution in [2.24, 2.45) is 5.41 Å². The Hall–Kier alpha value is -2.17.